The molecular weight excluding hydrogens is 328 g/mol. The average Bonchev–Trinajstić information content (AvgIpc) is 3.40. The number of amides is 1. The van der Waals surface area contributed by atoms with Gasteiger partial charge >= 0.3 is 0 Å². The molecule has 5 heteroatoms. The fourth-order valence-electron chi connectivity index (χ4n) is 4.12. The Morgan fingerprint density at radius 1 is 1.23 bits per heavy atom. The van der Waals surface area contributed by atoms with E-state index in [4.69, 9.17) is 4.74 Å². The molecule has 1 aromatic heterocycles. The van der Waals surface area contributed by atoms with Crippen LogP contribution in [-0.4, -0.2) is 47.7 Å². The zero-order valence-corrected chi connectivity index (χ0v) is 15.0. The van der Waals surface area contributed by atoms with Gasteiger partial charge in [-0.05, 0) is 42.7 Å². The maximum absolute atomic E-state index is 13.3. The van der Waals surface area contributed by atoms with Gasteiger partial charge in [-0.3, -0.25) is 9.78 Å². The lowest BCUT2D eigenvalue weighted by Gasteiger charge is -2.24. The van der Waals surface area contributed by atoms with E-state index in [9.17, 15) is 9.90 Å². The number of nitrogens with zero attached hydrogens (tertiary/aromatic N) is 2. The quantitative estimate of drug-likeness (QED) is 0.897. The number of aliphatic hydroxyl groups is 1. The molecular formula is C21H24N2O3. The first-order valence-corrected chi connectivity index (χ1v) is 9.13. The second-order valence-corrected chi connectivity index (χ2v) is 7.32. The zero-order chi connectivity index (χ0) is 18.1. The Balaban J connectivity index is 1.54. The summed E-state index contributed by atoms with van der Waals surface area (Å²) in [7, 11) is 1.64. The lowest BCUT2D eigenvalue weighted by Crippen LogP contribution is -2.38. The van der Waals surface area contributed by atoms with Crippen LogP contribution in [0.3, 0.4) is 0 Å². The zero-order valence-electron chi connectivity index (χ0n) is 15.0. The van der Waals surface area contributed by atoms with Gasteiger partial charge in [-0.2, -0.15) is 0 Å². The molecule has 1 saturated heterocycles. The van der Waals surface area contributed by atoms with E-state index in [0.717, 1.165) is 29.8 Å². The van der Waals surface area contributed by atoms with Crippen molar-refractivity contribution in [3.63, 3.8) is 0 Å². The Labute approximate surface area is 153 Å². The first-order chi connectivity index (χ1) is 12.7. The molecule has 5 nitrogen and oxygen atoms in total. The van der Waals surface area contributed by atoms with Gasteiger partial charge in [-0.15, -0.1) is 0 Å². The van der Waals surface area contributed by atoms with Crippen molar-refractivity contribution >= 4 is 5.91 Å². The highest BCUT2D eigenvalue weighted by molar-refractivity contribution is 5.91. The maximum atomic E-state index is 13.3. The summed E-state index contributed by atoms with van der Waals surface area (Å²) in [5, 5.41) is 9.81. The highest BCUT2D eigenvalue weighted by atomic mass is 16.5. The first kappa shape index (κ1) is 17.0. The molecule has 1 aromatic carbocycles. The van der Waals surface area contributed by atoms with Gasteiger partial charge in [0, 0.05) is 43.4 Å². The van der Waals surface area contributed by atoms with Crippen molar-refractivity contribution in [1.29, 1.82) is 0 Å². The summed E-state index contributed by atoms with van der Waals surface area (Å²) >= 11 is 0. The van der Waals surface area contributed by atoms with Gasteiger partial charge < -0.3 is 14.7 Å². The second-order valence-electron chi connectivity index (χ2n) is 7.32. The number of likely N-dealkylation sites (tertiary alicyclic amines) is 1. The molecule has 2 heterocycles. The molecule has 0 unspecified atom stereocenters. The highest BCUT2D eigenvalue weighted by Gasteiger charge is 2.54. The molecule has 1 aliphatic heterocycles. The molecule has 26 heavy (non-hydrogen) atoms. The number of carbonyl (C=O) groups is 1. The summed E-state index contributed by atoms with van der Waals surface area (Å²) in [5.41, 5.74) is 1.62. The lowest BCUT2D eigenvalue weighted by atomic mass is 9.93. The predicted octanol–water partition coefficient (Wildman–Crippen LogP) is 2.36. The number of pyridine rings is 1. The maximum Gasteiger partial charge on any atom is 0.233 e. The van der Waals surface area contributed by atoms with Crippen molar-refractivity contribution in [3.8, 4) is 5.75 Å². The summed E-state index contributed by atoms with van der Waals surface area (Å²) < 4.78 is 5.22. The van der Waals surface area contributed by atoms with Crippen LogP contribution in [0.4, 0.5) is 0 Å². The Hall–Kier alpha value is -2.40. The van der Waals surface area contributed by atoms with Crippen molar-refractivity contribution in [3.05, 3.63) is 59.9 Å². The summed E-state index contributed by atoms with van der Waals surface area (Å²) in [6.07, 6.45) is 3.54. The van der Waals surface area contributed by atoms with Crippen molar-refractivity contribution < 1.29 is 14.6 Å². The normalized spacial score (nSPS) is 23.7. The van der Waals surface area contributed by atoms with Crippen LogP contribution in [0.15, 0.2) is 48.7 Å². The van der Waals surface area contributed by atoms with Gasteiger partial charge in [-0.1, -0.05) is 18.2 Å². The smallest absolute Gasteiger partial charge is 0.233 e. The molecule has 1 N–H and O–H groups in total. The van der Waals surface area contributed by atoms with E-state index in [0.29, 0.717) is 13.1 Å². The molecule has 1 amide bonds. The Bertz CT molecular complexity index is 772. The Morgan fingerprint density at radius 3 is 2.58 bits per heavy atom. The molecule has 0 bridgehead atoms. The van der Waals surface area contributed by atoms with Crippen molar-refractivity contribution in [2.45, 2.75) is 24.2 Å². The Kier molecular flexibility index (Phi) is 4.41. The molecule has 136 valence electrons. The van der Waals surface area contributed by atoms with Crippen LogP contribution in [0.5, 0.6) is 5.75 Å². The fraction of sp³-hybridized carbons (Fsp3) is 0.429. The fourth-order valence-corrected chi connectivity index (χ4v) is 4.12. The standard InChI is InChI=1S/C21H24N2O3/c1-26-17-7-5-16(6-8-17)21(9-10-21)20(25)23-12-15(14-24)18(13-23)19-4-2-3-11-22-19/h2-8,11,15,18,24H,9-10,12-14H2,1H3/t15-,18+/m0/s1. The van der Waals surface area contributed by atoms with Crippen LogP contribution in [0, 0.1) is 5.92 Å². The van der Waals surface area contributed by atoms with Crippen LogP contribution >= 0.6 is 0 Å². The third-order valence-electron chi connectivity index (χ3n) is 5.83. The van der Waals surface area contributed by atoms with E-state index in [1.54, 1.807) is 13.3 Å². The number of hydrogen-bond donors (Lipinski definition) is 1. The van der Waals surface area contributed by atoms with Gasteiger partial charge in [0.2, 0.25) is 5.91 Å². The molecule has 1 aliphatic carbocycles. The highest BCUT2D eigenvalue weighted by Crippen LogP contribution is 2.51. The molecule has 4 rings (SSSR count). The number of benzene rings is 1. The number of methoxy groups -OCH3 is 1. The SMILES string of the molecule is COc1ccc(C2(C(=O)N3C[C@@H](CO)[C@H](c4ccccn4)C3)CC2)cc1. The number of aromatic nitrogens is 1. The van der Waals surface area contributed by atoms with Crippen LogP contribution in [0.2, 0.25) is 0 Å². The third-order valence-corrected chi connectivity index (χ3v) is 5.83. The van der Waals surface area contributed by atoms with E-state index in [-0.39, 0.29) is 24.3 Å². The number of hydrogen-bond acceptors (Lipinski definition) is 4. The number of aliphatic hydroxyl groups excluding tert-OH is 1. The van der Waals surface area contributed by atoms with E-state index < -0.39 is 5.41 Å². The van der Waals surface area contributed by atoms with Crippen LogP contribution in [-0.2, 0) is 10.2 Å². The monoisotopic (exact) mass is 352 g/mol. The van der Waals surface area contributed by atoms with E-state index >= 15 is 0 Å². The van der Waals surface area contributed by atoms with Crippen LogP contribution in [0.1, 0.15) is 30.0 Å². The number of carbonyl (C=O) groups excluding carboxylic acids is 1. The van der Waals surface area contributed by atoms with Crippen molar-refractivity contribution in [1.82, 2.24) is 9.88 Å². The minimum atomic E-state index is -0.398. The molecule has 0 spiro atoms. The summed E-state index contributed by atoms with van der Waals surface area (Å²) in [6.45, 7) is 1.29. The topological polar surface area (TPSA) is 62.7 Å². The van der Waals surface area contributed by atoms with Crippen molar-refractivity contribution in [2.75, 3.05) is 26.8 Å². The van der Waals surface area contributed by atoms with E-state index in [2.05, 4.69) is 4.98 Å². The minimum absolute atomic E-state index is 0.0421. The average molecular weight is 352 g/mol. The van der Waals surface area contributed by atoms with E-state index in [1.165, 1.54) is 0 Å². The lowest BCUT2D eigenvalue weighted by molar-refractivity contribution is -0.133. The number of rotatable bonds is 5. The third kappa shape index (κ3) is 2.86. The predicted molar refractivity (Wildman–Crippen MR) is 98.0 cm³/mol. The minimum Gasteiger partial charge on any atom is -0.497 e. The molecule has 2 atom stereocenters. The van der Waals surface area contributed by atoms with Gasteiger partial charge in [0.15, 0.2) is 0 Å². The molecule has 1 saturated carbocycles. The second kappa shape index (κ2) is 6.72. The summed E-state index contributed by atoms with van der Waals surface area (Å²) in [5.74, 6) is 1.12. The van der Waals surface area contributed by atoms with E-state index in [1.807, 2.05) is 47.4 Å². The number of ether oxygens (including phenoxy) is 1. The van der Waals surface area contributed by atoms with Crippen molar-refractivity contribution in [2.24, 2.45) is 5.92 Å². The largest absolute Gasteiger partial charge is 0.497 e. The van der Waals surface area contributed by atoms with Gasteiger partial charge in [-0.25, -0.2) is 0 Å². The van der Waals surface area contributed by atoms with Gasteiger partial charge in [0.1, 0.15) is 5.75 Å². The van der Waals surface area contributed by atoms with Crippen LogP contribution < -0.4 is 4.74 Å². The summed E-state index contributed by atoms with van der Waals surface area (Å²) in [4.78, 5) is 19.7. The molecule has 0 radical (unpaired) electrons. The van der Waals surface area contributed by atoms with Gasteiger partial charge in [0.25, 0.3) is 0 Å². The van der Waals surface area contributed by atoms with Crippen LogP contribution in [0.25, 0.3) is 0 Å². The molecule has 2 aromatic rings. The molecule has 2 aliphatic rings. The Morgan fingerprint density at radius 2 is 2.00 bits per heavy atom. The first-order valence-electron chi connectivity index (χ1n) is 9.13. The molecule has 2 fully saturated rings. The summed E-state index contributed by atoms with van der Waals surface area (Å²) in [6, 6.07) is 13.7. The van der Waals surface area contributed by atoms with Gasteiger partial charge in [0.05, 0.1) is 12.5 Å².